The molecule has 20 heavy (non-hydrogen) atoms. The predicted octanol–water partition coefficient (Wildman–Crippen LogP) is 1.94. The first-order valence-corrected chi connectivity index (χ1v) is 7.77. The minimum atomic E-state index is 0.638. The van der Waals surface area contributed by atoms with Crippen molar-refractivity contribution in [2.24, 2.45) is 0 Å². The van der Waals surface area contributed by atoms with Crippen LogP contribution in [0, 0.1) is 0 Å². The first kappa shape index (κ1) is 14.0. The van der Waals surface area contributed by atoms with Gasteiger partial charge in [0.05, 0.1) is 11.4 Å². The van der Waals surface area contributed by atoms with E-state index in [2.05, 4.69) is 35.5 Å². The third kappa shape index (κ3) is 4.01. The Labute approximate surface area is 121 Å². The molecule has 0 bridgehead atoms. The Hall–Kier alpha value is -0.970. The third-order valence-corrected chi connectivity index (χ3v) is 4.24. The molecule has 0 amide bonds. The SMILES string of the molecule is CN(Cc1cccc(CNC2CC2)n1)C1CCOCC1. The van der Waals surface area contributed by atoms with E-state index in [0.29, 0.717) is 6.04 Å². The quantitative estimate of drug-likeness (QED) is 0.861. The highest BCUT2D eigenvalue weighted by atomic mass is 16.5. The van der Waals surface area contributed by atoms with Crippen molar-refractivity contribution >= 4 is 0 Å². The van der Waals surface area contributed by atoms with Gasteiger partial charge in [-0.2, -0.15) is 0 Å². The number of rotatable bonds is 6. The fraction of sp³-hybridized carbons (Fsp3) is 0.688. The summed E-state index contributed by atoms with van der Waals surface area (Å²) in [5.74, 6) is 0. The molecule has 110 valence electrons. The highest BCUT2D eigenvalue weighted by molar-refractivity contribution is 5.11. The Balaban J connectivity index is 1.53. The van der Waals surface area contributed by atoms with Gasteiger partial charge in [-0.25, -0.2) is 0 Å². The van der Waals surface area contributed by atoms with Crippen LogP contribution in [0.5, 0.6) is 0 Å². The molecule has 1 saturated heterocycles. The molecule has 0 spiro atoms. The zero-order chi connectivity index (χ0) is 13.8. The number of aromatic nitrogens is 1. The van der Waals surface area contributed by atoms with Crippen molar-refractivity contribution in [1.29, 1.82) is 0 Å². The summed E-state index contributed by atoms with van der Waals surface area (Å²) in [5, 5.41) is 3.52. The maximum Gasteiger partial charge on any atom is 0.0547 e. The normalized spacial score (nSPS) is 20.5. The molecule has 1 N–H and O–H groups in total. The van der Waals surface area contributed by atoms with Gasteiger partial charge in [0.2, 0.25) is 0 Å². The number of nitrogens with zero attached hydrogens (tertiary/aromatic N) is 2. The Morgan fingerprint density at radius 2 is 1.95 bits per heavy atom. The van der Waals surface area contributed by atoms with Crippen molar-refractivity contribution in [3.05, 3.63) is 29.6 Å². The smallest absolute Gasteiger partial charge is 0.0547 e. The summed E-state index contributed by atoms with van der Waals surface area (Å²) < 4.78 is 5.43. The number of hydrogen-bond acceptors (Lipinski definition) is 4. The molecule has 2 heterocycles. The Bertz CT molecular complexity index is 427. The fourth-order valence-corrected chi connectivity index (χ4v) is 2.76. The maximum atomic E-state index is 5.43. The molecule has 4 heteroatoms. The Morgan fingerprint density at radius 3 is 2.70 bits per heavy atom. The lowest BCUT2D eigenvalue weighted by Crippen LogP contribution is -2.36. The summed E-state index contributed by atoms with van der Waals surface area (Å²) >= 11 is 0. The molecular formula is C16H25N3O. The van der Waals surface area contributed by atoms with Gasteiger partial charge < -0.3 is 10.1 Å². The number of nitrogens with one attached hydrogen (secondary N) is 1. The highest BCUT2D eigenvalue weighted by Crippen LogP contribution is 2.19. The van der Waals surface area contributed by atoms with Crippen LogP contribution in [0.4, 0.5) is 0 Å². The lowest BCUT2D eigenvalue weighted by Gasteiger charge is -2.30. The minimum Gasteiger partial charge on any atom is -0.381 e. The van der Waals surface area contributed by atoms with Gasteiger partial charge in [0.15, 0.2) is 0 Å². The molecule has 1 aliphatic carbocycles. The fourth-order valence-electron chi connectivity index (χ4n) is 2.76. The van der Waals surface area contributed by atoms with Crippen LogP contribution in [0.3, 0.4) is 0 Å². The van der Waals surface area contributed by atoms with E-state index >= 15 is 0 Å². The number of hydrogen-bond donors (Lipinski definition) is 1. The first-order chi connectivity index (χ1) is 9.81. The average Bonchev–Trinajstić information content (AvgIpc) is 3.31. The van der Waals surface area contributed by atoms with Gasteiger partial charge in [-0.05, 0) is 44.9 Å². The average molecular weight is 275 g/mol. The molecule has 2 fully saturated rings. The zero-order valence-corrected chi connectivity index (χ0v) is 12.3. The summed E-state index contributed by atoms with van der Waals surface area (Å²) in [4.78, 5) is 7.19. The van der Waals surface area contributed by atoms with E-state index in [1.54, 1.807) is 0 Å². The summed E-state index contributed by atoms with van der Waals surface area (Å²) in [7, 11) is 2.20. The van der Waals surface area contributed by atoms with E-state index in [9.17, 15) is 0 Å². The van der Waals surface area contributed by atoms with Crippen molar-refractivity contribution in [1.82, 2.24) is 15.2 Å². The number of ether oxygens (including phenoxy) is 1. The van der Waals surface area contributed by atoms with Gasteiger partial charge in [-0.15, -0.1) is 0 Å². The van der Waals surface area contributed by atoms with E-state index in [1.807, 2.05) is 0 Å². The van der Waals surface area contributed by atoms with Gasteiger partial charge in [-0.3, -0.25) is 9.88 Å². The van der Waals surface area contributed by atoms with Crippen molar-refractivity contribution in [2.75, 3.05) is 20.3 Å². The largest absolute Gasteiger partial charge is 0.381 e. The summed E-state index contributed by atoms with van der Waals surface area (Å²) in [6.45, 7) is 3.63. The predicted molar refractivity (Wildman–Crippen MR) is 79.4 cm³/mol. The van der Waals surface area contributed by atoms with Gasteiger partial charge in [0, 0.05) is 38.4 Å². The van der Waals surface area contributed by atoms with Gasteiger partial charge >= 0.3 is 0 Å². The second-order valence-corrected chi connectivity index (χ2v) is 6.03. The molecule has 0 unspecified atom stereocenters. The lowest BCUT2D eigenvalue weighted by atomic mass is 10.1. The monoisotopic (exact) mass is 275 g/mol. The van der Waals surface area contributed by atoms with Crippen molar-refractivity contribution in [3.8, 4) is 0 Å². The molecule has 0 aromatic carbocycles. The molecule has 4 nitrogen and oxygen atoms in total. The minimum absolute atomic E-state index is 0.638. The molecule has 1 saturated carbocycles. The second kappa shape index (κ2) is 6.66. The number of pyridine rings is 1. The molecule has 2 aliphatic rings. The van der Waals surface area contributed by atoms with Crippen LogP contribution in [0.15, 0.2) is 18.2 Å². The molecular weight excluding hydrogens is 250 g/mol. The van der Waals surface area contributed by atoms with E-state index in [0.717, 1.165) is 50.9 Å². The topological polar surface area (TPSA) is 37.4 Å². The van der Waals surface area contributed by atoms with Crippen LogP contribution in [0.1, 0.15) is 37.1 Å². The van der Waals surface area contributed by atoms with Crippen LogP contribution < -0.4 is 5.32 Å². The van der Waals surface area contributed by atoms with E-state index in [1.165, 1.54) is 18.5 Å². The summed E-state index contributed by atoms with van der Waals surface area (Å²) in [6.07, 6.45) is 4.93. The van der Waals surface area contributed by atoms with Crippen LogP contribution >= 0.6 is 0 Å². The van der Waals surface area contributed by atoms with Crippen LogP contribution in [0.2, 0.25) is 0 Å². The Kier molecular flexibility index (Phi) is 4.65. The van der Waals surface area contributed by atoms with Crippen LogP contribution in [0.25, 0.3) is 0 Å². The summed E-state index contributed by atoms with van der Waals surface area (Å²) in [6, 6.07) is 7.76. The van der Waals surface area contributed by atoms with E-state index in [-0.39, 0.29) is 0 Å². The van der Waals surface area contributed by atoms with Gasteiger partial charge in [0.25, 0.3) is 0 Å². The van der Waals surface area contributed by atoms with Crippen molar-refractivity contribution < 1.29 is 4.74 Å². The molecule has 1 aromatic rings. The van der Waals surface area contributed by atoms with Crippen molar-refractivity contribution in [2.45, 2.75) is 50.9 Å². The molecule has 3 rings (SSSR count). The standard InChI is InChI=1S/C16H25N3O/c1-19(16-7-9-20-10-8-16)12-15-4-2-3-14(18-15)11-17-13-5-6-13/h2-4,13,16-17H,5-12H2,1H3. The first-order valence-electron chi connectivity index (χ1n) is 7.77. The van der Waals surface area contributed by atoms with E-state index in [4.69, 9.17) is 9.72 Å². The molecule has 1 aromatic heterocycles. The van der Waals surface area contributed by atoms with E-state index < -0.39 is 0 Å². The van der Waals surface area contributed by atoms with Crippen LogP contribution in [-0.2, 0) is 17.8 Å². The molecule has 1 aliphatic heterocycles. The van der Waals surface area contributed by atoms with Gasteiger partial charge in [-0.1, -0.05) is 6.07 Å². The maximum absolute atomic E-state index is 5.43. The van der Waals surface area contributed by atoms with Crippen molar-refractivity contribution in [3.63, 3.8) is 0 Å². The van der Waals surface area contributed by atoms with Crippen LogP contribution in [-0.4, -0.2) is 42.2 Å². The van der Waals surface area contributed by atoms with Gasteiger partial charge in [0.1, 0.15) is 0 Å². The summed E-state index contributed by atoms with van der Waals surface area (Å²) in [5.41, 5.74) is 2.34. The Morgan fingerprint density at radius 1 is 1.20 bits per heavy atom. The zero-order valence-electron chi connectivity index (χ0n) is 12.3. The second-order valence-electron chi connectivity index (χ2n) is 6.03. The lowest BCUT2D eigenvalue weighted by molar-refractivity contribution is 0.0403. The highest BCUT2D eigenvalue weighted by Gasteiger charge is 2.21. The molecule has 0 radical (unpaired) electrons. The molecule has 0 atom stereocenters. The third-order valence-electron chi connectivity index (χ3n) is 4.24.